The number of ether oxygens (including phenoxy) is 1. The van der Waals surface area contributed by atoms with E-state index in [1.54, 1.807) is 31.2 Å². The van der Waals surface area contributed by atoms with Crippen LogP contribution in [0.1, 0.15) is 31.1 Å². The van der Waals surface area contributed by atoms with Crippen molar-refractivity contribution >= 4 is 40.6 Å². The number of carbonyl (C=O) groups is 2. The van der Waals surface area contributed by atoms with Crippen molar-refractivity contribution in [2.45, 2.75) is 36.5 Å². The Morgan fingerprint density at radius 3 is 2.46 bits per heavy atom. The average molecular weight is 366 g/mol. The minimum absolute atomic E-state index is 0.0277. The molecule has 24 heavy (non-hydrogen) atoms. The van der Waals surface area contributed by atoms with Gasteiger partial charge >= 0.3 is 0 Å². The maximum Gasteiger partial charge on any atom is 0.295 e. The van der Waals surface area contributed by atoms with Crippen LogP contribution < -0.4 is 15.8 Å². The first kappa shape index (κ1) is 18.2. The fourth-order valence-corrected chi connectivity index (χ4v) is 3.61. The van der Waals surface area contributed by atoms with Gasteiger partial charge in [0.15, 0.2) is 4.34 Å². The topological polar surface area (TPSA) is 107 Å². The van der Waals surface area contributed by atoms with Crippen LogP contribution in [-0.2, 0) is 4.79 Å². The number of benzene rings is 1. The van der Waals surface area contributed by atoms with Crippen molar-refractivity contribution in [3.63, 3.8) is 0 Å². The molecule has 128 valence electrons. The second kappa shape index (κ2) is 8.11. The van der Waals surface area contributed by atoms with Crippen LogP contribution in [0.25, 0.3) is 0 Å². The van der Waals surface area contributed by atoms with Crippen LogP contribution in [0.2, 0.25) is 0 Å². The van der Waals surface area contributed by atoms with Crippen molar-refractivity contribution in [3.8, 4) is 5.19 Å². The molecule has 0 saturated carbocycles. The summed E-state index contributed by atoms with van der Waals surface area (Å²) in [5, 5.41) is 10.8. The van der Waals surface area contributed by atoms with Crippen molar-refractivity contribution < 1.29 is 14.3 Å². The lowest BCUT2D eigenvalue weighted by Gasteiger charge is -2.10. The summed E-state index contributed by atoms with van der Waals surface area (Å²) >= 11 is 2.61. The van der Waals surface area contributed by atoms with Gasteiger partial charge in [-0.3, -0.25) is 9.59 Å². The molecule has 0 bridgehead atoms. The quantitative estimate of drug-likeness (QED) is 0.729. The number of nitrogens with zero attached hydrogens (tertiary/aromatic N) is 2. The summed E-state index contributed by atoms with van der Waals surface area (Å²) in [4.78, 5) is 23.2. The molecule has 0 aliphatic heterocycles. The summed E-state index contributed by atoms with van der Waals surface area (Å²) in [7, 11) is 0. The molecule has 9 heteroatoms. The summed E-state index contributed by atoms with van der Waals surface area (Å²) in [5.41, 5.74) is 6.17. The molecule has 3 N–H and O–H groups in total. The minimum atomic E-state index is -0.507. The summed E-state index contributed by atoms with van der Waals surface area (Å²) in [5.74, 6) is -0.680. The van der Waals surface area contributed by atoms with E-state index in [9.17, 15) is 9.59 Å². The third kappa shape index (κ3) is 5.20. The molecule has 0 aliphatic carbocycles. The molecule has 1 aromatic carbocycles. The molecule has 1 aromatic heterocycles. The third-order valence-corrected chi connectivity index (χ3v) is 4.81. The molecule has 1 atom stereocenters. The van der Waals surface area contributed by atoms with E-state index in [4.69, 9.17) is 10.5 Å². The van der Waals surface area contributed by atoms with Crippen LogP contribution in [0.5, 0.6) is 5.19 Å². The van der Waals surface area contributed by atoms with Crippen LogP contribution >= 0.6 is 23.1 Å². The lowest BCUT2D eigenvalue weighted by atomic mass is 10.2. The van der Waals surface area contributed by atoms with Gasteiger partial charge in [0, 0.05) is 11.3 Å². The molecule has 1 unspecified atom stereocenters. The van der Waals surface area contributed by atoms with Gasteiger partial charge in [0.25, 0.3) is 5.19 Å². The second-order valence-corrected chi connectivity index (χ2v) is 7.72. The number of primary amides is 1. The highest BCUT2D eigenvalue weighted by atomic mass is 32.2. The first-order valence-electron chi connectivity index (χ1n) is 7.22. The number of hydrogen-bond donors (Lipinski definition) is 2. The Labute approximate surface area is 148 Å². The molecular formula is C15H18N4O3S2. The molecular weight excluding hydrogens is 348 g/mol. The molecule has 0 radical (unpaired) electrons. The van der Waals surface area contributed by atoms with Gasteiger partial charge in [0.2, 0.25) is 11.8 Å². The van der Waals surface area contributed by atoms with Crippen molar-refractivity contribution in [2.24, 2.45) is 5.73 Å². The van der Waals surface area contributed by atoms with Crippen LogP contribution in [-0.4, -0.2) is 33.4 Å². The van der Waals surface area contributed by atoms with E-state index in [1.807, 2.05) is 13.8 Å². The maximum atomic E-state index is 12.2. The number of rotatable bonds is 7. The zero-order valence-corrected chi connectivity index (χ0v) is 15.1. The minimum Gasteiger partial charge on any atom is -0.466 e. The zero-order chi connectivity index (χ0) is 17.7. The predicted molar refractivity (Wildman–Crippen MR) is 94.6 cm³/mol. The van der Waals surface area contributed by atoms with E-state index in [1.165, 1.54) is 23.1 Å². The van der Waals surface area contributed by atoms with E-state index in [-0.39, 0.29) is 17.3 Å². The first-order chi connectivity index (χ1) is 11.3. The van der Waals surface area contributed by atoms with Crippen molar-refractivity contribution in [2.75, 3.05) is 5.32 Å². The smallest absolute Gasteiger partial charge is 0.295 e. The highest BCUT2D eigenvalue weighted by molar-refractivity contribution is 8.02. The van der Waals surface area contributed by atoms with Crippen molar-refractivity contribution in [3.05, 3.63) is 29.8 Å². The van der Waals surface area contributed by atoms with Crippen molar-refractivity contribution in [1.29, 1.82) is 0 Å². The maximum absolute atomic E-state index is 12.2. The van der Waals surface area contributed by atoms with Gasteiger partial charge in [0.05, 0.1) is 11.4 Å². The Balaban J connectivity index is 1.92. The van der Waals surface area contributed by atoms with Crippen molar-refractivity contribution in [1.82, 2.24) is 10.2 Å². The molecule has 0 spiro atoms. The molecule has 2 amide bonds. The van der Waals surface area contributed by atoms with E-state index in [2.05, 4.69) is 15.5 Å². The average Bonchev–Trinajstić information content (AvgIpc) is 2.93. The Morgan fingerprint density at radius 2 is 1.88 bits per heavy atom. The van der Waals surface area contributed by atoms with E-state index >= 15 is 0 Å². The molecule has 0 aliphatic rings. The van der Waals surface area contributed by atoms with Gasteiger partial charge in [-0.25, -0.2) is 0 Å². The Bertz CT molecular complexity index is 716. The third-order valence-electron chi connectivity index (χ3n) is 2.81. The monoisotopic (exact) mass is 366 g/mol. The number of thioether (sulfide) groups is 1. The molecule has 0 fully saturated rings. The summed E-state index contributed by atoms with van der Waals surface area (Å²) in [6.45, 7) is 5.60. The zero-order valence-electron chi connectivity index (χ0n) is 13.5. The first-order valence-corrected chi connectivity index (χ1v) is 8.92. The summed E-state index contributed by atoms with van der Waals surface area (Å²) in [6, 6.07) is 6.40. The number of hydrogen-bond acceptors (Lipinski definition) is 7. The fourth-order valence-electron chi connectivity index (χ4n) is 1.66. The number of nitrogens with two attached hydrogens (primary N) is 1. The lowest BCUT2D eigenvalue weighted by Crippen LogP contribution is -2.22. The number of nitrogens with one attached hydrogen (secondary N) is 1. The Morgan fingerprint density at radius 1 is 1.21 bits per heavy atom. The highest BCUT2D eigenvalue weighted by Gasteiger charge is 2.18. The van der Waals surface area contributed by atoms with E-state index in [0.717, 1.165) is 0 Å². The Hall–Kier alpha value is -2.13. The highest BCUT2D eigenvalue weighted by Crippen LogP contribution is 2.31. The standard InChI is InChI=1S/C15H18N4O3S2/c1-8(2)22-14-18-19-15(24-14)23-9(3)13(21)17-11-6-4-10(5-7-11)12(16)20/h4-9H,1-3H3,(H2,16,20)(H,17,21). The lowest BCUT2D eigenvalue weighted by molar-refractivity contribution is -0.115. The normalized spacial score (nSPS) is 12.0. The summed E-state index contributed by atoms with van der Waals surface area (Å²) < 4.78 is 6.12. The molecule has 0 saturated heterocycles. The van der Waals surface area contributed by atoms with Crippen LogP contribution in [0, 0.1) is 0 Å². The van der Waals surface area contributed by atoms with E-state index in [0.29, 0.717) is 20.8 Å². The van der Waals surface area contributed by atoms with Gasteiger partial charge in [-0.05, 0) is 56.4 Å². The number of carbonyl (C=O) groups excluding carboxylic acids is 2. The fraction of sp³-hybridized carbons (Fsp3) is 0.333. The molecule has 7 nitrogen and oxygen atoms in total. The van der Waals surface area contributed by atoms with Gasteiger partial charge in [-0.1, -0.05) is 16.9 Å². The molecule has 2 rings (SSSR count). The molecule has 2 aromatic rings. The number of amides is 2. The second-order valence-electron chi connectivity index (χ2n) is 5.19. The largest absolute Gasteiger partial charge is 0.466 e. The summed E-state index contributed by atoms with van der Waals surface area (Å²) in [6.07, 6.45) is 0.0277. The van der Waals surface area contributed by atoms with Crippen LogP contribution in [0.3, 0.4) is 0 Å². The van der Waals surface area contributed by atoms with Gasteiger partial charge < -0.3 is 15.8 Å². The number of aromatic nitrogens is 2. The number of anilines is 1. The Kier molecular flexibility index (Phi) is 6.16. The predicted octanol–water partition coefficient (Wildman–Crippen LogP) is 2.54. The van der Waals surface area contributed by atoms with Gasteiger partial charge in [-0.2, -0.15) is 0 Å². The van der Waals surface area contributed by atoms with Crippen LogP contribution in [0.4, 0.5) is 5.69 Å². The van der Waals surface area contributed by atoms with Gasteiger partial charge in [0.1, 0.15) is 0 Å². The van der Waals surface area contributed by atoms with Gasteiger partial charge in [-0.15, -0.1) is 5.10 Å². The molecule has 1 heterocycles. The van der Waals surface area contributed by atoms with E-state index < -0.39 is 5.91 Å². The SMILES string of the molecule is CC(C)Oc1nnc(SC(C)C(=O)Nc2ccc(C(N)=O)cc2)s1. The van der Waals surface area contributed by atoms with Crippen LogP contribution in [0.15, 0.2) is 28.6 Å².